The van der Waals surface area contributed by atoms with Crippen LogP contribution < -0.4 is 15.2 Å². The second kappa shape index (κ2) is 6.77. The van der Waals surface area contributed by atoms with Crippen molar-refractivity contribution in [3.63, 3.8) is 0 Å². The van der Waals surface area contributed by atoms with Gasteiger partial charge in [-0.2, -0.15) is 0 Å². The van der Waals surface area contributed by atoms with Gasteiger partial charge in [0.05, 0.1) is 5.69 Å². The molecule has 6 heteroatoms. The third-order valence-corrected chi connectivity index (χ3v) is 5.97. The van der Waals surface area contributed by atoms with E-state index in [1.165, 1.54) is 12.1 Å². The molecule has 0 radical (unpaired) electrons. The van der Waals surface area contributed by atoms with Crippen molar-refractivity contribution >= 4 is 48.7 Å². The first-order valence-electron chi connectivity index (χ1n) is 8.08. The molecule has 25 heavy (non-hydrogen) atoms. The Kier molecular flexibility index (Phi) is 4.48. The van der Waals surface area contributed by atoms with Crippen molar-refractivity contribution in [1.29, 1.82) is 0 Å². The average Bonchev–Trinajstić information content (AvgIpc) is 2.63. The van der Waals surface area contributed by atoms with Crippen LogP contribution >= 0.6 is 27.3 Å². The van der Waals surface area contributed by atoms with E-state index in [2.05, 4.69) is 25.7 Å². The van der Waals surface area contributed by atoms with Crippen LogP contribution in [0.1, 0.15) is 0 Å². The number of anilines is 2. The van der Waals surface area contributed by atoms with Crippen molar-refractivity contribution in [2.45, 2.75) is 0 Å². The summed E-state index contributed by atoms with van der Waals surface area (Å²) in [7, 11) is 0. The summed E-state index contributed by atoms with van der Waals surface area (Å²) in [6.07, 6.45) is 0. The molecule has 3 nitrogen and oxygen atoms in total. The van der Waals surface area contributed by atoms with Crippen LogP contribution in [0, 0.1) is 5.82 Å². The first kappa shape index (κ1) is 16.5. The maximum Gasteiger partial charge on any atom is 0.211 e. The molecule has 0 spiro atoms. The van der Waals surface area contributed by atoms with E-state index in [9.17, 15) is 9.18 Å². The summed E-state index contributed by atoms with van der Waals surface area (Å²) in [5.41, 5.74) is 1.88. The zero-order valence-corrected chi connectivity index (χ0v) is 15.8. The van der Waals surface area contributed by atoms with Gasteiger partial charge in [0.25, 0.3) is 0 Å². The molecule has 1 aromatic heterocycles. The molecule has 2 aromatic carbocycles. The Balaban J connectivity index is 1.56. The number of halogens is 2. The lowest BCUT2D eigenvalue weighted by atomic mass is 10.2. The molecular weight excluding hydrogens is 403 g/mol. The summed E-state index contributed by atoms with van der Waals surface area (Å²) in [5.74, 6) is -0.220. The number of nitrogens with zero attached hydrogens (tertiary/aromatic N) is 2. The molecule has 1 saturated heterocycles. The largest absolute Gasteiger partial charge is 0.368 e. The Morgan fingerprint density at radius 3 is 2.36 bits per heavy atom. The summed E-state index contributed by atoms with van der Waals surface area (Å²) in [6.45, 7) is 3.18. The fraction of sp³-hybridized carbons (Fsp3) is 0.211. The van der Waals surface area contributed by atoms with Gasteiger partial charge in [-0.05, 0) is 42.5 Å². The number of rotatable bonds is 2. The Morgan fingerprint density at radius 1 is 0.960 bits per heavy atom. The van der Waals surface area contributed by atoms with Crippen LogP contribution in [0.2, 0.25) is 0 Å². The lowest BCUT2D eigenvalue weighted by Gasteiger charge is -2.37. The minimum Gasteiger partial charge on any atom is -0.368 e. The van der Waals surface area contributed by atoms with Crippen molar-refractivity contribution in [1.82, 2.24) is 0 Å². The maximum absolute atomic E-state index is 13.1. The van der Waals surface area contributed by atoms with Gasteiger partial charge >= 0.3 is 0 Å². The van der Waals surface area contributed by atoms with Crippen LogP contribution in [-0.2, 0) is 0 Å². The molecule has 1 aliphatic heterocycles. The van der Waals surface area contributed by atoms with E-state index in [4.69, 9.17) is 0 Å². The van der Waals surface area contributed by atoms with Crippen molar-refractivity contribution < 1.29 is 4.39 Å². The number of benzene rings is 2. The number of hydrogen-bond donors (Lipinski definition) is 0. The van der Waals surface area contributed by atoms with Crippen LogP contribution in [-0.4, -0.2) is 26.2 Å². The lowest BCUT2D eigenvalue weighted by molar-refractivity contribution is 0.624. The van der Waals surface area contributed by atoms with Gasteiger partial charge < -0.3 is 9.80 Å². The fourth-order valence-corrected chi connectivity index (χ4v) is 4.45. The van der Waals surface area contributed by atoms with Gasteiger partial charge in [0.15, 0.2) is 0 Å². The number of fused-ring (bicyclic) bond motifs is 1. The van der Waals surface area contributed by atoms with Gasteiger partial charge in [-0.15, -0.1) is 11.3 Å². The minimum absolute atomic E-state index is 0.0882. The van der Waals surface area contributed by atoms with Crippen LogP contribution in [0.3, 0.4) is 0 Å². The van der Waals surface area contributed by atoms with Gasteiger partial charge in [0.2, 0.25) is 5.43 Å². The predicted molar refractivity (Wildman–Crippen MR) is 107 cm³/mol. The van der Waals surface area contributed by atoms with Crippen LogP contribution in [0.4, 0.5) is 15.8 Å². The van der Waals surface area contributed by atoms with E-state index in [1.54, 1.807) is 23.5 Å². The third-order valence-electron chi connectivity index (χ3n) is 4.53. The van der Waals surface area contributed by atoms with Crippen LogP contribution in [0.5, 0.6) is 0 Å². The van der Waals surface area contributed by atoms with E-state index in [0.717, 1.165) is 52.1 Å². The molecule has 0 atom stereocenters. The summed E-state index contributed by atoms with van der Waals surface area (Å²) in [5, 5.41) is 2.73. The molecule has 3 aromatic rings. The van der Waals surface area contributed by atoms with Crippen molar-refractivity contribution in [2.24, 2.45) is 0 Å². The first-order valence-corrected chi connectivity index (χ1v) is 9.75. The van der Waals surface area contributed by atoms with Crippen LogP contribution in [0.15, 0.2) is 57.1 Å². The summed E-state index contributed by atoms with van der Waals surface area (Å²) in [4.78, 5) is 17.2. The van der Waals surface area contributed by atoms with E-state index < -0.39 is 0 Å². The fourth-order valence-electron chi connectivity index (χ4n) is 3.17. The highest BCUT2D eigenvalue weighted by Gasteiger charge is 2.20. The monoisotopic (exact) mass is 418 g/mol. The highest BCUT2D eigenvalue weighted by atomic mass is 79.9. The van der Waals surface area contributed by atoms with E-state index >= 15 is 0 Å². The molecule has 2 heterocycles. The minimum atomic E-state index is -0.220. The highest BCUT2D eigenvalue weighted by molar-refractivity contribution is 9.10. The van der Waals surface area contributed by atoms with Crippen molar-refractivity contribution in [2.75, 3.05) is 36.0 Å². The molecule has 1 fully saturated rings. The Labute approximate surface area is 157 Å². The zero-order valence-electron chi connectivity index (χ0n) is 13.4. The van der Waals surface area contributed by atoms with Gasteiger partial charge in [0, 0.05) is 51.8 Å². The molecule has 0 unspecified atom stereocenters. The molecule has 4 rings (SSSR count). The average molecular weight is 419 g/mol. The van der Waals surface area contributed by atoms with Gasteiger partial charge in [0.1, 0.15) is 5.82 Å². The molecule has 128 valence electrons. The maximum atomic E-state index is 13.1. The number of hydrogen-bond acceptors (Lipinski definition) is 4. The lowest BCUT2D eigenvalue weighted by Crippen LogP contribution is -2.47. The molecule has 1 aliphatic rings. The van der Waals surface area contributed by atoms with Gasteiger partial charge in [-0.3, -0.25) is 4.79 Å². The SMILES string of the molecule is O=c1c(N2CCN(c3ccc(F)cc3)CC2)csc2ccc(Br)cc12. The van der Waals surface area contributed by atoms with Crippen molar-refractivity contribution in [3.8, 4) is 0 Å². The van der Waals surface area contributed by atoms with Gasteiger partial charge in [-0.25, -0.2) is 4.39 Å². The standard InChI is InChI=1S/C19H16BrFN2OS/c20-13-1-6-18-16(11-13)19(24)17(12-25-18)23-9-7-22(8-10-23)15-4-2-14(21)3-5-15/h1-6,11-12H,7-10H2. The second-order valence-electron chi connectivity index (χ2n) is 6.04. The highest BCUT2D eigenvalue weighted by Crippen LogP contribution is 2.25. The summed E-state index contributed by atoms with van der Waals surface area (Å²) >= 11 is 5.05. The summed E-state index contributed by atoms with van der Waals surface area (Å²) in [6, 6.07) is 12.4. The Hall–Kier alpha value is -1.92. The normalized spacial score (nSPS) is 15.0. The smallest absolute Gasteiger partial charge is 0.211 e. The molecule has 0 N–H and O–H groups in total. The molecule has 0 saturated carbocycles. The van der Waals surface area contributed by atoms with Crippen LogP contribution in [0.25, 0.3) is 10.1 Å². The van der Waals surface area contributed by atoms with E-state index in [0.29, 0.717) is 0 Å². The summed E-state index contributed by atoms with van der Waals surface area (Å²) < 4.78 is 15.0. The quantitative estimate of drug-likeness (QED) is 0.612. The molecular formula is C19H16BrFN2OS. The zero-order chi connectivity index (χ0) is 17.4. The third kappa shape index (κ3) is 3.28. The topological polar surface area (TPSA) is 23.6 Å². The molecule has 0 amide bonds. The van der Waals surface area contributed by atoms with E-state index in [-0.39, 0.29) is 11.2 Å². The first-order chi connectivity index (χ1) is 12.1. The second-order valence-corrected chi connectivity index (χ2v) is 7.87. The molecule has 0 aliphatic carbocycles. The number of piperazine rings is 1. The van der Waals surface area contributed by atoms with Gasteiger partial charge in [-0.1, -0.05) is 15.9 Å². The molecule has 0 bridgehead atoms. The predicted octanol–water partition coefficient (Wildman–Crippen LogP) is 4.49. The van der Waals surface area contributed by atoms with E-state index in [1.807, 2.05) is 23.6 Å². The Morgan fingerprint density at radius 2 is 1.64 bits per heavy atom. The Bertz CT molecular complexity index is 965. The van der Waals surface area contributed by atoms with Crippen molar-refractivity contribution in [3.05, 3.63) is 68.4 Å².